The predicted molar refractivity (Wildman–Crippen MR) is 124 cm³/mol. The number of hydrogen-bond acceptors (Lipinski definition) is 2. The van der Waals surface area contributed by atoms with Gasteiger partial charge in [-0.2, -0.15) is 5.26 Å². The molecule has 0 bridgehead atoms. The molecular formula is C27H36F2N2. The van der Waals surface area contributed by atoms with Crippen LogP contribution < -0.4 is 0 Å². The number of nitrogens with zero attached hydrogens (tertiary/aromatic N) is 2. The summed E-state index contributed by atoms with van der Waals surface area (Å²) in [5.41, 5.74) is 3.59. The summed E-state index contributed by atoms with van der Waals surface area (Å²) in [6.07, 6.45) is 2.14. The van der Waals surface area contributed by atoms with E-state index >= 15 is 0 Å². The zero-order chi connectivity index (χ0) is 22.6. The Bertz CT molecular complexity index is 785. The quantitative estimate of drug-likeness (QED) is 0.409. The molecule has 4 atom stereocenters. The maximum absolute atomic E-state index is 13.6. The lowest BCUT2D eigenvalue weighted by molar-refractivity contribution is 0.0428. The van der Waals surface area contributed by atoms with Crippen LogP contribution in [0, 0.1) is 11.3 Å². The van der Waals surface area contributed by atoms with Crippen molar-refractivity contribution in [3.63, 3.8) is 0 Å². The van der Waals surface area contributed by atoms with E-state index in [2.05, 4.69) is 61.2 Å². The summed E-state index contributed by atoms with van der Waals surface area (Å²) in [5.74, 6) is -0.252. The summed E-state index contributed by atoms with van der Waals surface area (Å²) in [5, 5.41) is 7.32. The second kappa shape index (κ2) is 13.2. The number of rotatable bonds is 10. The summed E-state index contributed by atoms with van der Waals surface area (Å²) >= 11 is 0. The maximum Gasteiger partial charge on any atom is 0.138 e. The van der Waals surface area contributed by atoms with Crippen LogP contribution in [0.3, 0.4) is 0 Å². The Hall–Kier alpha value is -2.25. The van der Waals surface area contributed by atoms with E-state index in [1.807, 2.05) is 12.1 Å². The molecule has 0 aliphatic heterocycles. The third-order valence-electron chi connectivity index (χ3n) is 6.11. The minimum absolute atomic E-state index is 0.252. The predicted octanol–water partition coefficient (Wildman–Crippen LogP) is 7.00. The van der Waals surface area contributed by atoms with Crippen LogP contribution >= 0.6 is 0 Å². The highest BCUT2D eigenvalue weighted by Crippen LogP contribution is 2.41. The Morgan fingerprint density at radius 2 is 1.68 bits per heavy atom. The van der Waals surface area contributed by atoms with Crippen molar-refractivity contribution in [3.8, 4) is 6.07 Å². The number of hydrogen-bond donors (Lipinski definition) is 0. The maximum atomic E-state index is 13.6. The standard InChI is InChI=1S/C25H33F2N.C2H3N/c1-3-16-28(18-20-8-6-5-7-9-20)22(4-2)15-12-19-10-13-21(14-11-19)23-17-24(26)25(23)27;1-2-3/h5-11,13-14,22-25H,3-4,12,15-18H2,1-2H3;1H3. The lowest BCUT2D eigenvalue weighted by Gasteiger charge is -2.34. The topological polar surface area (TPSA) is 27.0 Å². The minimum atomic E-state index is -1.32. The van der Waals surface area contributed by atoms with Gasteiger partial charge in [-0.3, -0.25) is 4.90 Å². The first-order chi connectivity index (χ1) is 15.0. The SMILES string of the molecule is CC#N.CCCN(Cc1ccccc1)C(CC)CCc1ccc(C2CC(F)C2F)cc1. The van der Waals surface area contributed by atoms with E-state index in [1.54, 1.807) is 6.07 Å². The minimum Gasteiger partial charge on any atom is -0.296 e. The fraction of sp³-hybridized carbons (Fsp3) is 0.519. The van der Waals surface area contributed by atoms with E-state index in [-0.39, 0.29) is 5.92 Å². The number of halogens is 2. The molecule has 0 heterocycles. The molecule has 0 N–H and O–H groups in total. The van der Waals surface area contributed by atoms with Gasteiger partial charge in [0.2, 0.25) is 0 Å². The van der Waals surface area contributed by atoms with Gasteiger partial charge in [-0.15, -0.1) is 0 Å². The Balaban J connectivity index is 0.00000107. The molecule has 0 spiro atoms. The molecule has 3 rings (SSSR count). The van der Waals surface area contributed by atoms with Crippen molar-refractivity contribution in [2.75, 3.05) is 6.54 Å². The first-order valence-electron chi connectivity index (χ1n) is 11.5. The van der Waals surface area contributed by atoms with Crippen LogP contribution in [0.25, 0.3) is 0 Å². The summed E-state index contributed by atoms with van der Waals surface area (Å²) in [7, 11) is 0. The van der Waals surface area contributed by atoms with Crippen LogP contribution in [-0.4, -0.2) is 29.8 Å². The van der Waals surface area contributed by atoms with Gasteiger partial charge in [0.05, 0.1) is 6.07 Å². The molecule has 4 heteroatoms. The highest BCUT2D eigenvalue weighted by Gasteiger charge is 2.42. The smallest absolute Gasteiger partial charge is 0.138 e. The highest BCUT2D eigenvalue weighted by atomic mass is 19.2. The average Bonchev–Trinajstić information content (AvgIpc) is 2.79. The first kappa shape index (κ1) is 25.0. The van der Waals surface area contributed by atoms with Gasteiger partial charge in [0.1, 0.15) is 12.3 Å². The van der Waals surface area contributed by atoms with E-state index in [9.17, 15) is 8.78 Å². The Morgan fingerprint density at radius 1 is 1.03 bits per heavy atom. The Kier molecular flexibility index (Phi) is 10.7. The first-order valence-corrected chi connectivity index (χ1v) is 11.5. The van der Waals surface area contributed by atoms with Gasteiger partial charge in [0.15, 0.2) is 0 Å². The lowest BCUT2D eigenvalue weighted by atomic mass is 9.76. The van der Waals surface area contributed by atoms with Crippen LogP contribution in [-0.2, 0) is 13.0 Å². The number of aryl methyl sites for hydroxylation is 1. The van der Waals surface area contributed by atoms with Gasteiger partial charge in [-0.1, -0.05) is 68.4 Å². The second-order valence-corrected chi connectivity index (χ2v) is 8.32. The van der Waals surface area contributed by atoms with Crippen molar-refractivity contribution >= 4 is 0 Å². The van der Waals surface area contributed by atoms with Crippen LogP contribution in [0.4, 0.5) is 8.78 Å². The fourth-order valence-corrected chi connectivity index (χ4v) is 4.28. The van der Waals surface area contributed by atoms with Crippen LogP contribution in [0.5, 0.6) is 0 Å². The van der Waals surface area contributed by atoms with Crippen LogP contribution in [0.2, 0.25) is 0 Å². The number of benzene rings is 2. The Morgan fingerprint density at radius 3 is 2.19 bits per heavy atom. The molecule has 0 radical (unpaired) electrons. The van der Waals surface area contributed by atoms with Crippen LogP contribution in [0.15, 0.2) is 54.6 Å². The normalized spacial score (nSPS) is 20.9. The summed E-state index contributed by atoms with van der Waals surface area (Å²) in [6, 6.07) is 21.2. The summed E-state index contributed by atoms with van der Waals surface area (Å²) in [4.78, 5) is 2.60. The molecule has 4 unspecified atom stereocenters. The Labute approximate surface area is 186 Å². The third-order valence-corrected chi connectivity index (χ3v) is 6.11. The molecule has 0 amide bonds. The molecule has 2 aromatic rings. The van der Waals surface area contributed by atoms with E-state index < -0.39 is 12.3 Å². The van der Waals surface area contributed by atoms with Gasteiger partial charge in [-0.05, 0) is 55.3 Å². The van der Waals surface area contributed by atoms with Gasteiger partial charge < -0.3 is 0 Å². The second-order valence-electron chi connectivity index (χ2n) is 8.32. The summed E-state index contributed by atoms with van der Waals surface area (Å²) in [6.45, 7) is 8.04. The molecule has 2 nitrogen and oxygen atoms in total. The van der Waals surface area contributed by atoms with Crippen molar-refractivity contribution in [2.45, 2.75) is 83.7 Å². The fourth-order valence-electron chi connectivity index (χ4n) is 4.28. The molecule has 0 aromatic heterocycles. The monoisotopic (exact) mass is 426 g/mol. The van der Waals surface area contributed by atoms with Gasteiger partial charge in [-0.25, -0.2) is 8.78 Å². The van der Waals surface area contributed by atoms with Gasteiger partial charge in [0.25, 0.3) is 0 Å². The van der Waals surface area contributed by atoms with Gasteiger partial charge >= 0.3 is 0 Å². The largest absolute Gasteiger partial charge is 0.296 e. The van der Waals surface area contributed by atoms with Crippen LogP contribution in [0.1, 0.15) is 69.1 Å². The zero-order valence-corrected chi connectivity index (χ0v) is 19.1. The van der Waals surface area contributed by atoms with E-state index in [0.717, 1.165) is 44.3 Å². The molecule has 0 saturated heterocycles. The lowest BCUT2D eigenvalue weighted by Crippen LogP contribution is -2.38. The molecule has 168 valence electrons. The van der Waals surface area contributed by atoms with E-state index in [1.165, 1.54) is 18.1 Å². The number of alkyl halides is 2. The average molecular weight is 427 g/mol. The van der Waals surface area contributed by atoms with Crippen molar-refractivity contribution in [1.29, 1.82) is 5.26 Å². The molecule has 2 aromatic carbocycles. The molecular weight excluding hydrogens is 390 g/mol. The molecule has 1 aliphatic carbocycles. The van der Waals surface area contributed by atoms with E-state index in [4.69, 9.17) is 5.26 Å². The number of nitriles is 1. The van der Waals surface area contributed by atoms with Crippen molar-refractivity contribution in [1.82, 2.24) is 4.90 Å². The zero-order valence-electron chi connectivity index (χ0n) is 19.1. The van der Waals surface area contributed by atoms with Crippen molar-refractivity contribution < 1.29 is 8.78 Å². The molecule has 1 saturated carbocycles. The third kappa shape index (κ3) is 7.43. The van der Waals surface area contributed by atoms with Crippen molar-refractivity contribution in [3.05, 3.63) is 71.3 Å². The van der Waals surface area contributed by atoms with E-state index in [0.29, 0.717) is 12.5 Å². The van der Waals surface area contributed by atoms with Crippen molar-refractivity contribution in [2.24, 2.45) is 0 Å². The molecule has 1 fully saturated rings. The molecule has 31 heavy (non-hydrogen) atoms. The molecule has 1 aliphatic rings. The van der Waals surface area contributed by atoms with Gasteiger partial charge in [0, 0.05) is 25.4 Å². The summed E-state index contributed by atoms with van der Waals surface area (Å²) < 4.78 is 26.7. The highest BCUT2D eigenvalue weighted by molar-refractivity contribution is 5.29.